The van der Waals surface area contributed by atoms with E-state index in [0.717, 1.165) is 50.4 Å². The molecular weight excluding hydrogens is 290 g/mol. The number of nitrogens with one attached hydrogen (secondary N) is 1. The molecule has 0 atom stereocenters. The molecule has 0 spiro atoms. The van der Waals surface area contributed by atoms with Gasteiger partial charge in [-0.25, -0.2) is 0 Å². The Balaban J connectivity index is 1.42. The monoisotopic (exact) mass is 313 g/mol. The van der Waals surface area contributed by atoms with E-state index in [4.69, 9.17) is 4.74 Å². The normalized spacial score (nSPS) is 15.5. The number of hydrogen-bond acceptors (Lipinski definition) is 5. The highest BCUT2D eigenvalue weighted by atomic mass is 16.5. The van der Waals surface area contributed by atoms with Gasteiger partial charge < -0.3 is 4.74 Å². The van der Waals surface area contributed by atoms with Crippen molar-refractivity contribution < 1.29 is 4.74 Å². The minimum Gasteiger partial charge on any atom is -0.494 e. The summed E-state index contributed by atoms with van der Waals surface area (Å²) in [6.07, 6.45) is 4.24. The standard InChI is InChI=1S/C17H23N5O/c1-13-6-7-16(11-14(13)2)23-10-4-9-22-8-3-5-15(12-22)17-18-20-21-19-17/h5-7,11H,3-4,8-10,12H2,1-2H3,(H,18,19,20,21). The van der Waals surface area contributed by atoms with Crippen molar-refractivity contribution in [2.24, 2.45) is 0 Å². The third kappa shape index (κ3) is 4.16. The van der Waals surface area contributed by atoms with E-state index >= 15 is 0 Å². The van der Waals surface area contributed by atoms with Crippen molar-refractivity contribution in [3.8, 4) is 5.75 Å². The summed E-state index contributed by atoms with van der Waals surface area (Å²) in [5.74, 6) is 1.67. The van der Waals surface area contributed by atoms with Crippen molar-refractivity contribution in [2.75, 3.05) is 26.2 Å². The van der Waals surface area contributed by atoms with Gasteiger partial charge in [-0.15, -0.1) is 10.2 Å². The summed E-state index contributed by atoms with van der Waals surface area (Å²) in [6, 6.07) is 6.25. The highest BCUT2D eigenvalue weighted by Gasteiger charge is 2.16. The molecule has 0 bridgehead atoms. The second-order valence-corrected chi connectivity index (χ2v) is 5.98. The molecule has 1 aliphatic heterocycles. The van der Waals surface area contributed by atoms with Crippen molar-refractivity contribution in [2.45, 2.75) is 26.7 Å². The molecule has 0 amide bonds. The molecule has 1 aliphatic rings. The van der Waals surface area contributed by atoms with Crippen molar-refractivity contribution in [3.05, 3.63) is 41.2 Å². The zero-order valence-electron chi connectivity index (χ0n) is 13.7. The van der Waals surface area contributed by atoms with E-state index in [-0.39, 0.29) is 0 Å². The Morgan fingerprint density at radius 1 is 1.26 bits per heavy atom. The molecule has 1 N–H and O–H groups in total. The Labute approximate surface area is 136 Å². The molecule has 2 aromatic rings. The van der Waals surface area contributed by atoms with Crippen molar-refractivity contribution in [1.82, 2.24) is 25.5 Å². The molecule has 1 aromatic heterocycles. The molecule has 23 heavy (non-hydrogen) atoms. The highest BCUT2D eigenvalue weighted by Crippen LogP contribution is 2.18. The van der Waals surface area contributed by atoms with Crippen LogP contribution in [0.5, 0.6) is 5.75 Å². The average molecular weight is 313 g/mol. The molecule has 1 aromatic carbocycles. The van der Waals surface area contributed by atoms with Crippen LogP contribution < -0.4 is 4.74 Å². The van der Waals surface area contributed by atoms with Crippen LogP contribution in [0.2, 0.25) is 0 Å². The average Bonchev–Trinajstić information content (AvgIpc) is 3.10. The molecule has 0 saturated carbocycles. The number of H-pyrrole nitrogens is 1. The lowest BCUT2D eigenvalue weighted by Crippen LogP contribution is -2.31. The first kappa shape index (κ1) is 15.7. The van der Waals surface area contributed by atoms with Gasteiger partial charge in [-0.1, -0.05) is 12.1 Å². The van der Waals surface area contributed by atoms with Gasteiger partial charge in [0.25, 0.3) is 0 Å². The van der Waals surface area contributed by atoms with Crippen molar-refractivity contribution in [3.63, 3.8) is 0 Å². The number of ether oxygens (including phenoxy) is 1. The predicted molar refractivity (Wildman–Crippen MR) is 89.2 cm³/mol. The van der Waals surface area contributed by atoms with Crippen LogP contribution in [-0.2, 0) is 0 Å². The van der Waals surface area contributed by atoms with Crippen molar-refractivity contribution >= 4 is 5.57 Å². The Hall–Kier alpha value is -2.21. The summed E-state index contributed by atoms with van der Waals surface area (Å²) in [5, 5.41) is 14.3. The number of hydrogen-bond donors (Lipinski definition) is 1. The van der Waals surface area contributed by atoms with Crippen LogP contribution in [0, 0.1) is 13.8 Å². The minimum absolute atomic E-state index is 0.709. The number of aryl methyl sites for hydroxylation is 2. The van der Waals surface area contributed by atoms with Gasteiger partial charge in [0, 0.05) is 25.2 Å². The molecule has 122 valence electrons. The Morgan fingerprint density at radius 3 is 2.96 bits per heavy atom. The maximum Gasteiger partial charge on any atom is 0.201 e. The van der Waals surface area contributed by atoms with Crippen LogP contribution in [-0.4, -0.2) is 51.8 Å². The summed E-state index contributed by atoms with van der Waals surface area (Å²) in [6.45, 7) is 7.93. The maximum atomic E-state index is 5.85. The number of benzene rings is 1. The second-order valence-electron chi connectivity index (χ2n) is 5.98. The lowest BCUT2D eigenvalue weighted by Gasteiger charge is -2.26. The van der Waals surface area contributed by atoms with Gasteiger partial charge in [-0.05, 0) is 55.2 Å². The van der Waals surface area contributed by atoms with E-state index in [0.29, 0.717) is 5.82 Å². The highest BCUT2D eigenvalue weighted by molar-refractivity contribution is 5.61. The third-order valence-corrected chi connectivity index (χ3v) is 4.23. The van der Waals surface area contributed by atoms with Gasteiger partial charge >= 0.3 is 0 Å². The second kappa shape index (κ2) is 7.37. The number of tetrazole rings is 1. The lowest BCUT2D eigenvalue weighted by atomic mass is 10.1. The van der Waals surface area contributed by atoms with E-state index < -0.39 is 0 Å². The van der Waals surface area contributed by atoms with Gasteiger partial charge in [-0.2, -0.15) is 5.21 Å². The molecule has 3 rings (SSSR count). The molecule has 0 radical (unpaired) electrons. The van der Waals surface area contributed by atoms with Crippen LogP contribution in [0.1, 0.15) is 29.8 Å². The Morgan fingerprint density at radius 2 is 2.17 bits per heavy atom. The van der Waals surface area contributed by atoms with Crippen LogP contribution in [0.3, 0.4) is 0 Å². The van der Waals surface area contributed by atoms with Gasteiger partial charge in [0.05, 0.1) is 6.61 Å². The van der Waals surface area contributed by atoms with Crippen LogP contribution in [0.4, 0.5) is 0 Å². The molecular formula is C17H23N5O. The van der Waals surface area contributed by atoms with Gasteiger partial charge in [0.2, 0.25) is 5.82 Å². The molecule has 6 nitrogen and oxygen atoms in total. The quantitative estimate of drug-likeness (QED) is 0.829. The van der Waals surface area contributed by atoms with Gasteiger partial charge in [0.15, 0.2) is 0 Å². The third-order valence-electron chi connectivity index (χ3n) is 4.23. The topological polar surface area (TPSA) is 66.9 Å². The van der Waals surface area contributed by atoms with Gasteiger partial charge in [-0.3, -0.25) is 4.90 Å². The van der Waals surface area contributed by atoms with Crippen molar-refractivity contribution in [1.29, 1.82) is 0 Å². The summed E-state index contributed by atoms with van der Waals surface area (Å²) < 4.78 is 5.85. The van der Waals surface area contributed by atoms with E-state index in [1.165, 1.54) is 11.1 Å². The zero-order chi connectivity index (χ0) is 16.1. The summed E-state index contributed by atoms with van der Waals surface area (Å²) in [5.41, 5.74) is 3.72. The molecule has 6 heteroatoms. The first-order valence-corrected chi connectivity index (χ1v) is 8.07. The van der Waals surface area contributed by atoms with E-state index in [1.54, 1.807) is 0 Å². The Kier molecular flexibility index (Phi) is 5.02. The maximum absolute atomic E-state index is 5.85. The smallest absolute Gasteiger partial charge is 0.201 e. The minimum atomic E-state index is 0.709. The molecule has 0 aliphatic carbocycles. The van der Waals surface area contributed by atoms with E-state index in [1.807, 2.05) is 6.07 Å². The fourth-order valence-corrected chi connectivity index (χ4v) is 2.74. The van der Waals surface area contributed by atoms with Crippen LogP contribution >= 0.6 is 0 Å². The van der Waals surface area contributed by atoms with Gasteiger partial charge in [0.1, 0.15) is 5.75 Å². The number of rotatable bonds is 6. The molecule has 0 saturated heterocycles. The Bertz CT molecular complexity index is 666. The number of aromatic amines is 1. The SMILES string of the molecule is Cc1ccc(OCCCN2CCC=C(c3nn[nH]n3)C2)cc1C. The van der Waals surface area contributed by atoms with Crippen LogP contribution in [0.15, 0.2) is 24.3 Å². The number of nitrogens with zero attached hydrogens (tertiary/aromatic N) is 4. The summed E-state index contributed by atoms with van der Waals surface area (Å²) in [4.78, 5) is 2.41. The summed E-state index contributed by atoms with van der Waals surface area (Å²) >= 11 is 0. The zero-order valence-corrected chi connectivity index (χ0v) is 13.7. The van der Waals surface area contributed by atoms with E-state index in [9.17, 15) is 0 Å². The predicted octanol–water partition coefficient (Wildman–Crippen LogP) is 2.37. The lowest BCUT2D eigenvalue weighted by molar-refractivity contribution is 0.249. The fraction of sp³-hybridized carbons (Fsp3) is 0.471. The summed E-state index contributed by atoms with van der Waals surface area (Å²) in [7, 11) is 0. The molecule has 2 heterocycles. The largest absolute Gasteiger partial charge is 0.494 e. The van der Waals surface area contributed by atoms with Crippen LogP contribution in [0.25, 0.3) is 5.57 Å². The molecule has 0 unspecified atom stereocenters. The fourth-order valence-electron chi connectivity index (χ4n) is 2.74. The molecule has 0 fully saturated rings. The first-order valence-electron chi connectivity index (χ1n) is 8.07. The first-order chi connectivity index (χ1) is 11.2. The number of aromatic nitrogens is 4. The van der Waals surface area contributed by atoms with E-state index in [2.05, 4.69) is 57.6 Å².